The van der Waals surface area contributed by atoms with Crippen molar-refractivity contribution in [3.05, 3.63) is 0 Å². The molecule has 0 aliphatic heterocycles. The van der Waals surface area contributed by atoms with Crippen molar-refractivity contribution in [1.29, 1.82) is 0 Å². The van der Waals surface area contributed by atoms with Crippen molar-refractivity contribution in [3.8, 4) is 0 Å². The molecule has 0 aromatic heterocycles. The molecule has 3 N–H and O–H groups in total. The Morgan fingerprint density at radius 1 is 1.00 bits per heavy atom. The average Bonchev–Trinajstić information content (AvgIpc) is 0. The maximum Gasteiger partial charge on any atom is 0 e. The number of hydrogen-bond acceptors (Lipinski definition) is 1. The predicted octanol–water partition coefficient (Wildman–Crippen LogP) is -1.01. The van der Waals surface area contributed by atoms with Crippen LogP contribution in [0.25, 0.3) is 0 Å². The summed E-state index contributed by atoms with van der Waals surface area (Å²) in [5.74, 6) is 0. The van der Waals surface area contributed by atoms with E-state index in [2.05, 4.69) is 0 Å². The standard InChI is InChI=1S/Cr.Ni.2H2O/h;;2*1H2/p-1. The fourth-order valence-electron chi connectivity index (χ4n) is 0. The van der Waals surface area contributed by atoms with Gasteiger partial charge in [-0.3, -0.25) is 0 Å². The van der Waals surface area contributed by atoms with Gasteiger partial charge in [-0.25, -0.2) is 0 Å². The van der Waals surface area contributed by atoms with Crippen LogP contribution in [0.2, 0.25) is 0 Å². The Morgan fingerprint density at radius 2 is 1.00 bits per heavy atom. The van der Waals surface area contributed by atoms with E-state index in [9.17, 15) is 0 Å². The second-order valence-corrected chi connectivity index (χ2v) is 0. The van der Waals surface area contributed by atoms with Crippen LogP contribution in [0.15, 0.2) is 0 Å². The summed E-state index contributed by atoms with van der Waals surface area (Å²) in [6.07, 6.45) is 0. The second kappa shape index (κ2) is 38.3. The average molecular weight is 146 g/mol. The molecule has 4 heteroatoms. The van der Waals surface area contributed by atoms with E-state index < -0.39 is 0 Å². The van der Waals surface area contributed by atoms with E-state index >= 15 is 0 Å². The van der Waals surface area contributed by atoms with Gasteiger partial charge in [0.2, 0.25) is 0 Å². The quantitative estimate of drug-likeness (QED) is 0.403. The van der Waals surface area contributed by atoms with E-state index in [1.807, 2.05) is 0 Å². The van der Waals surface area contributed by atoms with Crippen molar-refractivity contribution in [2.45, 2.75) is 0 Å². The first kappa shape index (κ1) is 86.1. The van der Waals surface area contributed by atoms with Gasteiger partial charge in [0.1, 0.15) is 0 Å². The molecular weight excluding hydrogens is 143 g/mol. The van der Waals surface area contributed by atoms with Crippen LogP contribution in [0, 0.1) is 0 Å². The van der Waals surface area contributed by atoms with Crippen LogP contribution in [0.1, 0.15) is 0 Å². The fourth-order valence-corrected chi connectivity index (χ4v) is 0. The monoisotopic (exact) mass is 145 g/mol. The van der Waals surface area contributed by atoms with Crippen molar-refractivity contribution in [2.75, 3.05) is 0 Å². The van der Waals surface area contributed by atoms with Crippen molar-refractivity contribution >= 4 is 0 Å². The Kier molecular flexibility index (Phi) is 823. The minimum absolute atomic E-state index is 0. The van der Waals surface area contributed by atoms with Crippen LogP contribution in [-0.2, 0) is 33.9 Å². The van der Waals surface area contributed by atoms with Crippen LogP contribution in [-0.4, -0.2) is 11.0 Å². The van der Waals surface area contributed by atoms with E-state index in [0.717, 1.165) is 0 Å². The predicted molar refractivity (Wildman–Crippen MR) is 5.55 cm³/mol. The molecule has 2 nitrogen and oxygen atoms in total. The molecule has 32 valence electrons. The van der Waals surface area contributed by atoms with E-state index in [0.29, 0.717) is 0 Å². The van der Waals surface area contributed by atoms with Gasteiger partial charge in [-0.2, -0.15) is 0 Å². The summed E-state index contributed by atoms with van der Waals surface area (Å²) in [7, 11) is 0. The summed E-state index contributed by atoms with van der Waals surface area (Å²) in [4.78, 5) is 0. The summed E-state index contributed by atoms with van der Waals surface area (Å²) in [5.41, 5.74) is 0. The van der Waals surface area contributed by atoms with Crippen LogP contribution in [0.5, 0.6) is 0 Å². The van der Waals surface area contributed by atoms with Gasteiger partial charge in [-0.15, -0.1) is 0 Å². The molecule has 0 rings (SSSR count). The smallest absolute Gasteiger partial charge is 0 e. The van der Waals surface area contributed by atoms with Crippen LogP contribution >= 0.6 is 0 Å². The van der Waals surface area contributed by atoms with Gasteiger partial charge < -0.3 is 11.0 Å². The Bertz CT molecular complexity index is 6.00. The zero-order valence-electron chi connectivity index (χ0n) is 1.67. The molecule has 0 aliphatic rings. The normalized spacial score (nSPS) is 0. The SMILES string of the molecule is O.[Cr].[Ni].[OH-]. The van der Waals surface area contributed by atoms with E-state index in [-0.39, 0.29) is 44.8 Å². The molecule has 0 heterocycles. The summed E-state index contributed by atoms with van der Waals surface area (Å²) >= 11 is 0. The Morgan fingerprint density at radius 3 is 1.00 bits per heavy atom. The molecular formula is H3CrNiO2-. The third-order valence-corrected chi connectivity index (χ3v) is 0. The third-order valence-electron chi connectivity index (χ3n) is 0. The van der Waals surface area contributed by atoms with Crippen molar-refractivity contribution in [3.63, 3.8) is 0 Å². The van der Waals surface area contributed by atoms with Crippen LogP contribution in [0.4, 0.5) is 0 Å². The van der Waals surface area contributed by atoms with Crippen molar-refractivity contribution in [2.24, 2.45) is 0 Å². The molecule has 0 saturated carbocycles. The first-order valence-corrected chi connectivity index (χ1v) is 0. The van der Waals surface area contributed by atoms with Gasteiger partial charge in [0, 0.05) is 33.9 Å². The molecule has 0 aliphatic carbocycles. The molecule has 0 spiro atoms. The number of rotatable bonds is 0. The molecule has 0 radical (unpaired) electrons. The fraction of sp³-hybridized carbons (Fsp3) is 0. The minimum atomic E-state index is 0. The summed E-state index contributed by atoms with van der Waals surface area (Å²) in [5, 5.41) is 0. The largest absolute Gasteiger partial charge is 0.870 e. The number of hydrogen-bond donors (Lipinski definition) is 0. The van der Waals surface area contributed by atoms with E-state index in [1.165, 1.54) is 0 Å². The van der Waals surface area contributed by atoms with E-state index in [1.54, 1.807) is 0 Å². The molecule has 0 bridgehead atoms. The summed E-state index contributed by atoms with van der Waals surface area (Å²) in [6.45, 7) is 0. The second-order valence-electron chi connectivity index (χ2n) is 0. The topological polar surface area (TPSA) is 61.5 Å². The zero-order valence-corrected chi connectivity index (χ0v) is 3.93. The van der Waals surface area contributed by atoms with Crippen molar-refractivity contribution in [1.82, 2.24) is 0 Å². The Labute approximate surface area is 45.3 Å². The molecule has 4 heavy (non-hydrogen) atoms. The van der Waals surface area contributed by atoms with Crippen LogP contribution < -0.4 is 0 Å². The van der Waals surface area contributed by atoms with Crippen molar-refractivity contribution < 1.29 is 44.8 Å². The van der Waals surface area contributed by atoms with Gasteiger partial charge >= 0.3 is 0 Å². The summed E-state index contributed by atoms with van der Waals surface area (Å²) < 4.78 is 0. The Balaban J connectivity index is 0. The Hall–Kier alpha value is 0.946. The van der Waals surface area contributed by atoms with Gasteiger partial charge in [-0.05, 0) is 0 Å². The molecule has 0 atom stereocenters. The molecule has 0 fully saturated rings. The molecule has 0 aromatic carbocycles. The van der Waals surface area contributed by atoms with Gasteiger partial charge in [0.05, 0.1) is 0 Å². The molecule has 0 unspecified atom stereocenters. The minimum Gasteiger partial charge on any atom is -0.870 e. The molecule has 0 amide bonds. The first-order chi connectivity index (χ1) is 0. The first-order valence-electron chi connectivity index (χ1n) is 0. The molecule has 0 aromatic rings. The van der Waals surface area contributed by atoms with Crippen LogP contribution in [0.3, 0.4) is 0 Å². The third kappa shape index (κ3) is 12.5. The van der Waals surface area contributed by atoms with Gasteiger partial charge in [0.15, 0.2) is 0 Å². The summed E-state index contributed by atoms with van der Waals surface area (Å²) in [6, 6.07) is 0. The zero-order chi connectivity index (χ0) is 0. The molecule has 0 saturated heterocycles. The maximum absolute atomic E-state index is 0. The van der Waals surface area contributed by atoms with Gasteiger partial charge in [0.25, 0.3) is 0 Å². The van der Waals surface area contributed by atoms with E-state index in [4.69, 9.17) is 0 Å². The maximum atomic E-state index is 0. The van der Waals surface area contributed by atoms with Gasteiger partial charge in [-0.1, -0.05) is 0 Å².